The number of halogens is 3. The zero-order chi connectivity index (χ0) is 14.7. The van der Waals surface area contributed by atoms with Gasteiger partial charge in [-0.3, -0.25) is 0 Å². The molecule has 0 heterocycles. The van der Waals surface area contributed by atoms with Gasteiger partial charge in [-0.25, -0.2) is 4.39 Å². The van der Waals surface area contributed by atoms with Crippen molar-refractivity contribution in [2.75, 3.05) is 0 Å². The lowest BCUT2D eigenvalue weighted by molar-refractivity contribution is 0.318. The zero-order valence-corrected chi connectivity index (χ0v) is 13.2. The van der Waals surface area contributed by atoms with E-state index in [9.17, 15) is 4.39 Å². The summed E-state index contributed by atoms with van der Waals surface area (Å²) in [5.74, 6) is 0.0214. The molecule has 0 radical (unpaired) electrons. The molecule has 0 spiro atoms. The van der Waals surface area contributed by atoms with Gasteiger partial charge in [0.25, 0.3) is 0 Å². The van der Waals surface area contributed by atoms with Gasteiger partial charge in [0.05, 0.1) is 0 Å². The second-order valence-electron chi connectivity index (χ2n) is 3.80. The van der Waals surface area contributed by atoms with Crippen molar-refractivity contribution in [2.45, 2.75) is 0 Å². The Hall–Kier alpha value is -1.60. The highest BCUT2D eigenvalue weighted by Crippen LogP contribution is 2.30. The van der Waals surface area contributed by atoms with Crippen molar-refractivity contribution in [3.63, 3.8) is 0 Å². The Morgan fingerprint density at radius 1 is 1.20 bits per heavy atom. The fourth-order valence-electron chi connectivity index (χ4n) is 1.50. The van der Waals surface area contributed by atoms with E-state index in [0.717, 1.165) is 0 Å². The van der Waals surface area contributed by atoms with Crippen molar-refractivity contribution in [2.24, 2.45) is 10.9 Å². The van der Waals surface area contributed by atoms with Crippen LogP contribution in [0.25, 0.3) is 0 Å². The standard InChI is InChI=1S/C13H9Br2FN2O2/c14-7-1-4-11(16)12(5-7)20-8-2-3-9(10(15)6-8)13(17)18-19/h1-6,19H,(H2,17,18). The minimum Gasteiger partial charge on any atom is -0.454 e. The van der Waals surface area contributed by atoms with E-state index < -0.39 is 5.82 Å². The molecule has 2 rings (SSSR count). The van der Waals surface area contributed by atoms with Gasteiger partial charge in [-0.2, -0.15) is 0 Å². The number of oxime groups is 1. The summed E-state index contributed by atoms with van der Waals surface area (Å²) in [6.07, 6.45) is 0. The molecule has 0 aliphatic heterocycles. The molecule has 0 unspecified atom stereocenters. The summed E-state index contributed by atoms with van der Waals surface area (Å²) < 4.78 is 20.3. The van der Waals surface area contributed by atoms with E-state index >= 15 is 0 Å². The predicted molar refractivity (Wildman–Crippen MR) is 80.8 cm³/mol. The Morgan fingerprint density at radius 2 is 1.95 bits per heavy atom. The van der Waals surface area contributed by atoms with E-state index in [1.807, 2.05) is 0 Å². The molecule has 4 nitrogen and oxygen atoms in total. The molecule has 2 aromatic rings. The number of ether oxygens (including phenoxy) is 1. The number of nitrogens with two attached hydrogens (primary N) is 1. The molecule has 104 valence electrons. The Morgan fingerprint density at radius 3 is 2.60 bits per heavy atom. The average molecular weight is 404 g/mol. The lowest BCUT2D eigenvalue weighted by Crippen LogP contribution is -2.13. The second-order valence-corrected chi connectivity index (χ2v) is 5.57. The van der Waals surface area contributed by atoms with E-state index in [4.69, 9.17) is 15.7 Å². The second kappa shape index (κ2) is 6.23. The maximum Gasteiger partial charge on any atom is 0.171 e. The molecule has 20 heavy (non-hydrogen) atoms. The van der Waals surface area contributed by atoms with Gasteiger partial charge in [-0.15, -0.1) is 0 Å². The van der Waals surface area contributed by atoms with Crippen LogP contribution in [0.1, 0.15) is 5.56 Å². The monoisotopic (exact) mass is 402 g/mol. The third-order valence-electron chi connectivity index (χ3n) is 2.45. The van der Waals surface area contributed by atoms with Gasteiger partial charge in [0, 0.05) is 14.5 Å². The first-order valence-electron chi connectivity index (χ1n) is 5.41. The summed E-state index contributed by atoms with van der Waals surface area (Å²) in [6, 6.07) is 9.22. The molecule has 0 amide bonds. The van der Waals surface area contributed by atoms with Crippen LogP contribution in [0, 0.1) is 5.82 Å². The van der Waals surface area contributed by atoms with Crippen molar-refractivity contribution >= 4 is 37.7 Å². The average Bonchev–Trinajstić information content (AvgIpc) is 2.42. The Bertz CT molecular complexity index is 677. The first kappa shape index (κ1) is 14.8. The lowest BCUT2D eigenvalue weighted by Gasteiger charge is -2.09. The van der Waals surface area contributed by atoms with Crippen LogP contribution >= 0.6 is 31.9 Å². The minimum absolute atomic E-state index is 0.0305. The molecule has 0 saturated heterocycles. The number of amidine groups is 1. The maximum atomic E-state index is 13.6. The van der Waals surface area contributed by atoms with Crippen molar-refractivity contribution in [3.05, 3.63) is 56.7 Å². The van der Waals surface area contributed by atoms with E-state index in [1.165, 1.54) is 12.1 Å². The third-order valence-corrected chi connectivity index (χ3v) is 3.59. The third kappa shape index (κ3) is 3.29. The van der Waals surface area contributed by atoms with Crippen LogP contribution in [0.3, 0.4) is 0 Å². The van der Waals surface area contributed by atoms with Gasteiger partial charge < -0.3 is 15.7 Å². The number of hydrogen-bond donors (Lipinski definition) is 2. The molecule has 2 aromatic carbocycles. The fourth-order valence-corrected chi connectivity index (χ4v) is 2.40. The van der Waals surface area contributed by atoms with E-state index in [1.54, 1.807) is 24.3 Å². The molecular formula is C13H9Br2FN2O2. The first-order valence-corrected chi connectivity index (χ1v) is 7.00. The smallest absolute Gasteiger partial charge is 0.171 e. The maximum absolute atomic E-state index is 13.6. The molecule has 0 aromatic heterocycles. The number of hydrogen-bond acceptors (Lipinski definition) is 3. The highest BCUT2D eigenvalue weighted by Gasteiger charge is 2.09. The minimum atomic E-state index is -0.468. The van der Waals surface area contributed by atoms with Crippen LogP contribution in [0.5, 0.6) is 11.5 Å². The lowest BCUT2D eigenvalue weighted by atomic mass is 10.2. The van der Waals surface area contributed by atoms with Crippen molar-refractivity contribution < 1.29 is 14.3 Å². The van der Waals surface area contributed by atoms with Gasteiger partial charge in [-0.1, -0.05) is 21.1 Å². The first-order chi connectivity index (χ1) is 9.51. The Kier molecular flexibility index (Phi) is 4.61. The quantitative estimate of drug-likeness (QED) is 0.348. The van der Waals surface area contributed by atoms with Gasteiger partial charge in [-0.05, 0) is 52.3 Å². The summed E-state index contributed by atoms with van der Waals surface area (Å²) in [5, 5.41) is 11.6. The number of benzene rings is 2. The summed E-state index contributed by atoms with van der Waals surface area (Å²) in [6.45, 7) is 0. The number of rotatable bonds is 3. The van der Waals surface area contributed by atoms with Crippen LogP contribution in [0.4, 0.5) is 4.39 Å². The summed E-state index contributed by atoms with van der Waals surface area (Å²) in [5.41, 5.74) is 6.01. The molecule has 0 atom stereocenters. The normalized spacial score (nSPS) is 11.4. The topological polar surface area (TPSA) is 67.8 Å². The van der Waals surface area contributed by atoms with Crippen LogP contribution in [-0.4, -0.2) is 11.0 Å². The van der Waals surface area contributed by atoms with Crippen LogP contribution in [0.15, 0.2) is 50.5 Å². The van der Waals surface area contributed by atoms with Gasteiger partial charge >= 0.3 is 0 Å². The SMILES string of the molecule is N/C(=N/O)c1ccc(Oc2cc(Br)ccc2F)cc1Br. The molecular weight excluding hydrogens is 395 g/mol. The summed E-state index contributed by atoms with van der Waals surface area (Å²) in [7, 11) is 0. The summed E-state index contributed by atoms with van der Waals surface area (Å²) >= 11 is 6.53. The molecule has 0 bridgehead atoms. The molecule has 3 N–H and O–H groups in total. The fraction of sp³-hybridized carbons (Fsp3) is 0. The van der Waals surface area contributed by atoms with Crippen molar-refractivity contribution in [3.8, 4) is 11.5 Å². The zero-order valence-electron chi connectivity index (χ0n) is 9.98. The molecule has 0 fully saturated rings. The van der Waals surface area contributed by atoms with Crippen LogP contribution in [-0.2, 0) is 0 Å². The highest BCUT2D eigenvalue weighted by molar-refractivity contribution is 9.10. The van der Waals surface area contributed by atoms with E-state index in [-0.39, 0.29) is 11.6 Å². The van der Waals surface area contributed by atoms with Crippen LogP contribution < -0.4 is 10.5 Å². The largest absolute Gasteiger partial charge is 0.454 e. The van der Waals surface area contributed by atoms with E-state index in [0.29, 0.717) is 20.3 Å². The van der Waals surface area contributed by atoms with Gasteiger partial charge in [0.1, 0.15) is 5.75 Å². The van der Waals surface area contributed by atoms with Crippen molar-refractivity contribution in [1.82, 2.24) is 0 Å². The van der Waals surface area contributed by atoms with E-state index in [2.05, 4.69) is 37.0 Å². The van der Waals surface area contributed by atoms with Gasteiger partial charge in [0.15, 0.2) is 17.4 Å². The summed E-state index contributed by atoms with van der Waals surface area (Å²) in [4.78, 5) is 0. The van der Waals surface area contributed by atoms with Crippen LogP contribution in [0.2, 0.25) is 0 Å². The molecule has 7 heteroatoms. The Balaban J connectivity index is 2.31. The predicted octanol–water partition coefficient (Wildman–Crippen LogP) is 4.24. The Labute approximate surface area is 131 Å². The highest BCUT2D eigenvalue weighted by atomic mass is 79.9. The molecule has 0 aliphatic carbocycles. The molecule has 0 aliphatic rings. The number of nitrogens with zero attached hydrogens (tertiary/aromatic N) is 1. The van der Waals surface area contributed by atoms with Gasteiger partial charge in [0.2, 0.25) is 0 Å². The van der Waals surface area contributed by atoms with Crippen molar-refractivity contribution in [1.29, 1.82) is 0 Å². The molecule has 0 saturated carbocycles.